The smallest absolute Gasteiger partial charge is 0.329 e. The number of amides is 2. The van der Waals surface area contributed by atoms with Crippen molar-refractivity contribution in [1.29, 1.82) is 0 Å². The SMILES string of the molecule is O=C(N/N=C\c1ccc(Br)cc1)C(=O)NC1CC1. The van der Waals surface area contributed by atoms with E-state index in [-0.39, 0.29) is 6.04 Å². The molecule has 0 saturated heterocycles. The van der Waals surface area contributed by atoms with Gasteiger partial charge in [-0.15, -0.1) is 0 Å². The number of hydrogen-bond acceptors (Lipinski definition) is 3. The fourth-order valence-electron chi connectivity index (χ4n) is 1.24. The molecular weight excluding hydrogens is 298 g/mol. The number of hydrazone groups is 1. The van der Waals surface area contributed by atoms with E-state index >= 15 is 0 Å². The van der Waals surface area contributed by atoms with Crippen molar-refractivity contribution in [2.24, 2.45) is 5.10 Å². The molecule has 5 nitrogen and oxygen atoms in total. The first-order chi connectivity index (χ1) is 8.65. The van der Waals surface area contributed by atoms with E-state index in [1.165, 1.54) is 6.21 Å². The lowest BCUT2D eigenvalue weighted by Crippen LogP contribution is -2.38. The second-order valence-electron chi connectivity index (χ2n) is 4.00. The normalized spacial score (nSPS) is 14.5. The molecule has 0 spiro atoms. The molecule has 1 aromatic rings. The van der Waals surface area contributed by atoms with Crippen LogP contribution >= 0.6 is 15.9 Å². The van der Waals surface area contributed by atoms with Crippen molar-refractivity contribution < 1.29 is 9.59 Å². The lowest BCUT2D eigenvalue weighted by molar-refractivity contribution is -0.139. The number of benzene rings is 1. The maximum atomic E-state index is 11.3. The minimum atomic E-state index is -0.740. The van der Waals surface area contributed by atoms with Crippen molar-refractivity contribution in [2.75, 3.05) is 0 Å². The first-order valence-electron chi connectivity index (χ1n) is 5.54. The molecule has 0 aliphatic heterocycles. The van der Waals surface area contributed by atoms with Gasteiger partial charge in [0.1, 0.15) is 0 Å². The molecule has 0 heterocycles. The molecule has 1 aromatic carbocycles. The standard InChI is InChI=1S/C12H12BrN3O2/c13-9-3-1-8(2-4-9)7-14-16-12(18)11(17)15-10-5-6-10/h1-4,7,10H,5-6H2,(H,15,17)(H,16,18)/b14-7-. The summed E-state index contributed by atoms with van der Waals surface area (Å²) in [5.74, 6) is -1.37. The predicted molar refractivity (Wildman–Crippen MR) is 71.0 cm³/mol. The Morgan fingerprint density at radius 3 is 2.50 bits per heavy atom. The minimum Gasteiger partial charge on any atom is -0.345 e. The number of halogens is 1. The average Bonchev–Trinajstić information content (AvgIpc) is 3.15. The van der Waals surface area contributed by atoms with Crippen LogP contribution in [0.25, 0.3) is 0 Å². The molecule has 1 fully saturated rings. The zero-order valence-electron chi connectivity index (χ0n) is 9.52. The van der Waals surface area contributed by atoms with Crippen LogP contribution in [-0.2, 0) is 9.59 Å². The predicted octanol–water partition coefficient (Wildman–Crippen LogP) is 1.18. The molecular formula is C12H12BrN3O2. The summed E-state index contributed by atoms with van der Waals surface area (Å²) >= 11 is 3.32. The van der Waals surface area contributed by atoms with Crippen LogP contribution in [-0.4, -0.2) is 24.1 Å². The summed E-state index contributed by atoms with van der Waals surface area (Å²) in [7, 11) is 0. The summed E-state index contributed by atoms with van der Waals surface area (Å²) in [5, 5.41) is 6.30. The molecule has 94 valence electrons. The van der Waals surface area contributed by atoms with Crippen LogP contribution in [0.3, 0.4) is 0 Å². The molecule has 0 radical (unpaired) electrons. The van der Waals surface area contributed by atoms with Gasteiger partial charge in [-0.05, 0) is 30.5 Å². The molecule has 2 amide bonds. The molecule has 2 N–H and O–H groups in total. The largest absolute Gasteiger partial charge is 0.345 e. The Morgan fingerprint density at radius 1 is 1.22 bits per heavy atom. The molecule has 2 rings (SSSR count). The molecule has 18 heavy (non-hydrogen) atoms. The summed E-state index contributed by atoms with van der Waals surface area (Å²) < 4.78 is 0.965. The Bertz CT molecular complexity index is 481. The summed E-state index contributed by atoms with van der Waals surface area (Å²) in [6.45, 7) is 0. The Labute approximate surface area is 113 Å². The van der Waals surface area contributed by atoms with Crippen LogP contribution in [0.1, 0.15) is 18.4 Å². The van der Waals surface area contributed by atoms with Crippen molar-refractivity contribution in [3.05, 3.63) is 34.3 Å². The van der Waals surface area contributed by atoms with E-state index in [0.717, 1.165) is 22.9 Å². The van der Waals surface area contributed by atoms with Crippen LogP contribution in [0.4, 0.5) is 0 Å². The Morgan fingerprint density at radius 2 is 1.89 bits per heavy atom. The molecule has 1 aliphatic carbocycles. The summed E-state index contributed by atoms with van der Waals surface area (Å²) in [4.78, 5) is 22.6. The summed E-state index contributed by atoms with van der Waals surface area (Å²) in [6.07, 6.45) is 3.37. The molecule has 0 unspecified atom stereocenters. The van der Waals surface area contributed by atoms with Crippen LogP contribution in [0.2, 0.25) is 0 Å². The maximum absolute atomic E-state index is 11.3. The highest BCUT2D eigenvalue weighted by Gasteiger charge is 2.26. The highest BCUT2D eigenvalue weighted by atomic mass is 79.9. The van der Waals surface area contributed by atoms with Gasteiger partial charge in [0.05, 0.1) is 6.21 Å². The third-order valence-corrected chi connectivity index (χ3v) is 2.90. The first kappa shape index (κ1) is 12.8. The Hall–Kier alpha value is -1.69. The Balaban J connectivity index is 1.80. The second kappa shape index (κ2) is 5.77. The summed E-state index contributed by atoms with van der Waals surface area (Å²) in [6, 6.07) is 7.57. The van der Waals surface area contributed by atoms with Crippen LogP contribution in [0.15, 0.2) is 33.8 Å². The van der Waals surface area contributed by atoms with Gasteiger partial charge in [-0.25, -0.2) is 5.43 Å². The van der Waals surface area contributed by atoms with Crippen LogP contribution in [0.5, 0.6) is 0 Å². The summed E-state index contributed by atoms with van der Waals surface area (Å²) in [5.41, 5.74) is 3.02. The third kappa shape index (κ3) is 3.96. The zero-order valence-corrected chi connectivity index (χ0v) is 11.1. The van der Waals surface area contributed by atoms with Crippen LogP contribution < -0.4 is 10.7 Å². The third-order valence-electron chi connectivity index (χ3n) is 2.37. The van der Waals surface area contributed by atoms with E-state index in [9.17, 15) is 9.59 Å². The van der Waals surface area contributed by atoms with Crippen molar-refractivity contribution in [3.63, 3.8) is 0 Å². The number of carbonyl (C=O) groups excluding carboxylic acids is 2. The fraction of sp³-hybridized carbons (Fsp3) is 0.250. The highest BCUT2D eigenvalue weighted by Crippen LogP contribution is 2.18. The lowest BCUT2D eigenvalue weighted by Gasteiger charge is -2.00. The number of nitrogens with zero attached hydrogens (tertiary/aromatic N) is 1. The van der Waals surface area contributed by atoms with Gasteiger partial charge < -0.3 is 5.32 Å². The molecule has 1 aliphatic rings. The van der Waals surface area contributed by atoms with Gasteiger partial charge in [-0.1, -0.05) is 28.1 Å². The van der Waals surface area contributed by atoms with E-state index < -0.39 is 11.8 Å². The second-order valence-corrected chi connectivity index (χ2v) is 4.91. The van der Waals surface area contributed by atoms with E-state index in [4.69, 9.17) is 0 Å². The molecule has 0 aromatic heterocycles. The van der Waals surface area contributed by atoms with Crippen molar-refractivity contribution in [3.8, 4) is 0 Å². The molecule has 1 saturated carbocycles. The number of hydrogen-bond donors (Lipinski definition) is 2. The van der Waals surface area contributed by atoms with Gasteiger partial charge in [0.25, 0.3) is 0 Å². The highest BCUT2D eigenvalue weighted by molar-refractivity contribution is 9.10. The van der Waals surface area contributed by atoms with Crippen LogP contribution in [0, 0.1) is 0 Å². The topological polar surface area (TPSA) is 70.6 Å². The van der Waals surface area contributed by atoms with Crippen molar-refractivity contribution in [2.45, 2.75) is 18.9 Å². The number of rotatable bonds is 3. The zero-order chi connectivity index (χ0) is 13.0. The van der Waals surface area contributed by atoms with Gasteiger partial charge in [0.15, 0.2) is 0 Å². The monoisotopic (exact) mass is 309 g/mol. The van der Waals surface area contributed by atoms with Gasteiger partial charge in [0, 0.05) is 10.5 Å². The number of nitrogens with one attached hydrogen (secondary N) is 2. The lowest BCUT2D eigenvalue weighted by atomic mass is 10.2. The van der Waals surface area contributed by atoms with Gasteiger partial charge >= 0.3 is 11.8 Å². The van der Waals surface area contributed by atoms with Gasteiger partial charge in [0.2, 0.25) is 0 Å². The number of carbonyl (C=O) groups is 2. The van der Waals surface area contributed by atoms with Crippen molar-refractivity contribution >= 4 is 34.0 Å². The molecule has 6 heteroatoms. The minimum absolute atomic E-state index is 0.165. The molecule has 0 bridgehead atoms. The van der Waals surface area contributed by atoms with Gasteiger partial charge in [-0.2, -0.15) is 5.10 Å². The average molecular weight is 310 g/mol. The fourth-order valence-corrected chi connectivity index (χ4v) is 1.51. The quantitative estimate of drug-likeness (QED) is 0.500. The Kier molecular flexibility index (Phi) is 4.09. The van der Waals surface area contributed by atoms with E-state index in [2.05, 4.69) is 31.8 Å². The van der Waals surface area contributed by atoms with Crippen molar-refractivity contribution in [1.82, 2.24) is 10.7 Å². The van der Waals surface area contributed by atoms with E-state index in [0.29, 0.717) is 0 Å². The maximum Gasteiger partial charge on any atom is 0.329 e. The van der Waals surface area contributed by atoms with Gasteiger partial charge in [-0.3, -0.25) is 9.59 Å². The van der Waals surface area contributed by atoms with E-state index in [1.807, 2.05) is 24.3 Å². The van der Waals surface area contributed by atoms with E-state index in [1.54, 1.807) is 0 Å². The first-order valence-corrected chi connectivity index (χ1v) is 6.34. The molecule has 0 atom stereocenters.